The number of nitrogens with one attached hydrogen (secondary N) is 2. The lowest BCUT2D eigenvalue weighted by molar-refractivity contribution is -0.132. The molecule has 2 N–H and O–H groups in total. The van der Waals surface area contributed by atoms with Gasteiger partial charge in [0.1, 0.15) is 5.75 Å². The molecular formula is C32H24BrN3O9. The summed E-state index contributed by atoms with van der Waals surface area (Å²) in [5.74, 6) is -0.586. The fourth-order valence-corrected chi connectivity index (χ4v) is 4.49. The van der Waals surface area contributed by atoms with Crippen LogP contribution in [0.3, 0.4) is 0 Å². The highest BCUT2D eigenvalue weighted by Crippen LogP contribution is 2.33. The van der Waals surface area contributed by atoms with Gasteiger partial charge >= 0.3 is 11.9 Å². The van der Waals surface area contributed by atoms with Gasteiger partial charge in [0.25, 0.3) is 11.8 Å². The number of rotatable bonds is 9. The molecule has 0 spiro atoms. The minimum atomic E-state index is -0.619. The standard InChI is InChI=1S/C32H24BrN3O9/c1-18(37)44-27-10-6-20(14-28(27)41-2)30(38)35-24-5-3-4-19(13-24)31(39)36-34-16-22-12-23(33)8-11-25(22)45-32(40)21-7-9-26-29(15-21)43-17-42-26/h3-16H,17H2,1-2H3,(H,35,38)(H,36,39). The minimum Gasteiger partial charge on any atom is -0.493 e. The maximum absolute atomic E-state index is 12.9. The molecule has 12 nitrogen and oxygen atoms in total. The zero-order valence-corrected chi connectivity index (χ0v) is 25.4. The lowest BCUT2D eigenvalue weighted by Crippen LogP contribution is -2.18. The first-order chi connectivity index (χ1) is 21.7. The molecule has 5 rings (SSSR count). The summed E-state index contributed by atoms with van der Waals surface area (Å²) in [6.45, 7) is 1.34. The smallest absolute Gasteiger partial charge is 0.343 e. The summed E-state index contributed by atoms with van der Waals surface area (Å²) in [5.41, 5.74) is 3.92. The predicted octanol–water partition coefficient (Wildman–Crippen LogP) is 5.35. The zero-order chi connectivity index (χ0) is 31.9. The molecule has 0 aromatic heterocycles. The number of methoxy groups -OCH3 is 1. The molecular weight excluding hydrogens is 650 g/mol. The minimum absolute atomic E-state index is 0.0794. The van der Waals surface area contributed by atoms with Gasteiger partial charge in [-0.1, -0.05) is 22.0 Å². The molecule has 0 bridgehead atoms. The number of halogens is 1. The van der Waals surface area contributed by atoms with E-state index in [0.29, 0.717) is 27.2 Å². The van der Waals surface area contributed by atoms with E-state index in [-0.39, 0.29) is 40.7 Å². The van der Waals surface area contributed by atoms with Crippen LogP contribution in [0.1, 0.15) is 43.6 Å². The van der Waals surface area contributed by atoms with Gasteiger partial charge < -0.3 is 29.0 Å². The van der Waals surface area contributed by atoms with Crippen LogP contribution in [0.4, 0.5) is 5.69 Å². The molecule has 0 atom stereocenters. The van der Waals surface area contributed by atoms with Gasteiger partial charge in [0.15, 0.2) is 23.0 Å². The van der Waals surface area contributed by atoms with E-state index in [1.165, 1.54) is 50.6 Å². The van der Waals surface area contributed by atoms with E-state index in [1.54, 1.807) is 48.5 Å². The van der Waals surface area contributed by atoms with Crippen molar-refractivity contribution in [2.45, 2.75) is 6.92 Å². The Hall–Kier alpha value is -5.69. The average molecular weight is 674 g/mol. The Balaban J connectivity index is 1.23. The summed E-state index contributed by atoms with van der Waals surface area (Å²) >= 11 is 3.38. The van der Waals surface area contributed by atoms with Gasteiger partial charge in [0.05, 0.1) is 18.9 Å². The van der Waals surface area contributed by atoms with Crippen LogP contribution in [0.15, 0.2) is 88.4 Å². The molecule has 1 heterocycles. The molecule has 0 saturated heterocycles. The molecule has 0 radical (unpaired) electrons. The molecule has 0 saturated carbocycles. The van der Waals surface area contributed by atoms with Crippen molar-refractivity contribution in [1.82, 2.24) is 5.43 Å². The fourth-order valence-electron chi connectivity index (χ4n) is 4.11. The van der Waals surface area contributed by atoms with Crippen LogP contribution in [0.25, 0.3) is 0 Å². The molecule has 13 heteroatoms. The normalized spacial score (nSPS) is 11.5. The summed E-state index contributed by atoms with van der Waals surface area (Å²) in [6, 6.07) is 20.3. The van der Waals surface area contributed by atoms with Gasteiger partial charge in [-0.25, -0.2) is 10.2 Å². The van der Waals surface area contributed by atoms with Crippen LogP contribution >= 0.6 is 15.9 Å². The topological polar surface area (TPSA) is 151 Å². The molecule has 4 aromatic rings. The maximum Gasteiger partial charge on any atom is 0.343 e. The Bertz CT molecular complexity index is 1840. The Labute approximate surface area is 265 Å². The Morgan fingerprint density at radius 3 is 2.36 bits per heavy atom. The quantitative estimate of drug-likeness (QED) is 0.104. The van der Waals surface area contributed by atoms with Crippen molar-refractivity contribution >= 4 is 51.6 Å². The molecule has 1 aliphatic heterocycles. The summed E-state index contributed by atoms with van der Waals surface area (Å²) < 4.78 is 27.2. The van der Waals surface area contributed by atoms with Crippen LogP contribution in [0.2, 0.25) is 0 Å². The van der Waals surface area contributed by atoms with Crippen LogP contribution in [0.5, 0.6) is 28.7 Å². The lowest BCUT2D eigenvalue weighted by Gasteiger charge is -2.11. The van der Waals surface area contributed by atoms with E-state index in [0.717, 1.165) is 0 Å². The molecule has 1 aliphatic rings. The summed E-state index contributed by atoms with van der Waals surface area (Å²) in [4.78, 5) is 49.8. The first-order valence-corrected chi connectivity index (χ1v) is 14.0. The summed E-state index contributed by atoms with van der Waals surface area (Å²) in [7, 11) is 1.39. The van der Waals surface area contributed by atoms with E-state index in [2.05, 4.69) is 31.8 Å². The zero-order valence-electron chi connectivity index (χ0n) is 23.8. The number of nitrogens with zero attached hydrogens (tertiary/aromatic N) is 1. The molecule has 4 aromatic carbocycles. The molecule has 2 amide bonds. The van der Waals surface area contributed by atoms with Gasteiger partial charge in [-0.2, -0.15) is 5.10 Å². The number of ether oxygens (including phenoxy) is 5. The molecule has 0 unspecified atom stereocenters. The van der Waals surface area contributed by atoms with Crippen molar-refractivity contribution in [2.75, 3.05) is 19.2 Å². The Morgan fingerprint density at radius 2 is 1.56 bits per heavy atom. The van der Waals surface area contributed by atoms with Crippen LogP contribution in [-0.4, -0.2) is 43.9 Å². The van der Waals surface area contributed by atoms with Gasteiger partial charge in [0.2, 0.25) is 6.79 Å². The lowest BCUT2D eigenvalue weighted by atomic mass is 10.1. The van der Waals surface area contributed by atoms with Crippen molar-refractivity contribution in [2.24, 2.45) is 5.10 Å². The highest BCUT2D eigenvalue weighted by molar-refractivity contribution is 9.10. The van der Waals surface area contributed by atoms with Gasteiger partial charge in [-0.3, -0.25) is 14.4 Å². The highest BCUT2D eigenvalue weighted by Gasteiger charge is 2.19. The number of anilines is 1. The van der Waals surface area contributed by atoms with Gasteiger partial charge in [-0.05, 0) is 72.8 Å². The van der Waals surface area contributed by atoms with E-state index in [4.69, 9.17) is 23.7 Å². The molecule has 228 valence electrons. The third kappa shape index (κ3) is 7.64. The van der Waals surface area contributed by atoms with Crippen molar-refractivity contribution in [3.8, 4) is 28.7 Å². The van der Waals surface area contributed by atoms with Crippen molar-refractivity contribution in [1.29, 1.82) is 0 Å². The summed E-state index contributed by atoms with van der Waals surface area (Å²) in [5, 5.41) is 6.74. The number of esters is 2. The molecule has 0 aliphatic carbocycles. The van der Waals surface area contributed by atoms with E-state index >= 15 is 0 Å². The number of hydrogen-bond donors (Lipinski definition) is 2. The second kappa shape index (κ2) is 13.7. The molecule has 0 fully saturated rings. The number of hydrazone groups is 1. The molecule has 45 heavy (non-hydrogen) atoms. The first kappa shape index (κ1) is 30.8. The van der Waals surface area contributed by atoms with Crippen LogP contribution in [0, 0.1) is 0 Å². The third-order valence-corrected chi connectivity index (χ3v) is 6.71. The van der Waals surface area contributed by atoms with Crippen LogP contribution in [-0.2, 0) is 4.79 Å². The third-order valence-electron chi connectivity index (χ3n) is 6.21. The second-order valence-corrected chi connectivity index (χ2v) is 10.2. The maximum atomic E-state index is 12.9. The van der Waals surface area contributed by atoms with E-state index in [9.17, 15) is 19.2 Å². The van der Waals surface area contributed by atoms with Crippen molar-refractivity contribution < 1.29 is 42.9 Å². The fraction of sp³-hybridized carbons (Fsp3) is 0.0938. The number of fused-ring (bicyclic) bond motifs is 1. The Morgan fingerprint density at radius 1 is 0.800 bits per heavy atom. The summed E-state index contributed by atoms with van der Waals surface area (Å²) in [6.07, 6.45) is 1.34. The van der Waals surface area contributed by atoms with Gasteiger partial charge in [0, 0.05) is 33.8 Å². The van der Waals surface area contributed by atoms with Gasteiger partial charge in [-0.15, -0.1) is 0 Å². The number of hydrogen-bond acceptors (Lipinski definition) is 10. The van der Waals surface area contributed by atoms with E-state index in [1.807, 2.05) is 0 Å². The number of benzene rings is 4. The second-order valence-electron chi connectivity index (χ2n) is 9.33. The van der Waals surface area contributed by atoms with Crippen LogP contribution < -0.4 is 34.4 Å². The number of carbonyl (C=O) groups is 4. The van der Waals surface area contributed by atoms with Crippen molar-refractivity contribution in [3.63, 3.8) is 0 Å². The highest BCUT2D eigenvalue weighted by atomic mass is 79.9. The Kier molecular flexibility index (Phi) is 9.39. The first-order valence-electron chi connectivity index (χ1n) is 13.2. The monoisotopic (exact) mass is 673 g/mol. The van der Waals surface area contributed by atoms with E-state index < -0.39 is 23.8 Å². The average Bonchev–Trinajstić information content (AvgIpc) is 3.50. The predicted molar refractivity (Wildman–Crippen MR) is 165 cm³/mol. The largest absolute Gasteiger partial charge is 0.493 e. The SMILES string of the molecule is COc1cc(C(=O)Nc2cccc(C(=O)NN=Cc3cc(Br)ccc3OC(=O)c3ccc4c(c3)OCO4)c2)ccc1OC(C)=O. The number of carbonyl (C=O) groups excluding carboxylic acids is 4. The number of amides is 2. The van der Waals surface area contributed by atoms with Crippen molar-refractivity contribution in [3.05, 3.63) is 106 Å².